The molecule has 0 unspecified atom stereocenters. The Morgan fingerprint density at radius 2 is 1.94 bits per heavy atom. The Labute approximate surface area is 223 Å². The van der Waals surface area contributed by atoms with Gasteiger partial charge >= 0.3 is 5.97 Å². The summed E-state index contributed by atoms with van der Waals surface area (Å²) in [5.41, 5.74) is 0.727. The third-order valence-corrected chi connectivity index (χ3v) is 7.71. The Hall–Kier alpha value is -2.11. The minimum absolute atomic E-state index is 0.0469. The summed E-state index contributed by atoms with van der Waals surface area (Å²) in [7, 11) is 1.52. The second-order valence-corrected chi connectivity index (χ2v) is 10.8. The standard InChI is InChI=1S/C24H29BrN2O6S2/c1-32-18-13-16(12-17(25)22(18)33-15-20(28)26-9-5-3-6-10-26)14-19-23(31)27(24(34)35-19)11-7-2-4-8-21(29)30/h12-14H,2-11,15H2,1H3,(H,29,30)/b19-14+. The molecule has 35 heavy (non-hydrogen) atoms. The van der Waals surface area contributed by atoms with E-state index in [1.54, 1.807) is 17.0 Å². The van der Waals surface area contributed by atoms with Gasteiger partial charge in [0.15, 0.2) is 18.1 Å². The number of benzene rings is 1. The van der Waals surface area contributed by atoms with E-state index in [-0.39, 0.29) is 24.8 Å². The van der Waals surface area contributed by atoms with E-state index in [4.69, 9.17) is 26.8 Å². The van der Waals surface area contributed by atoms with Crippen LogP contribution in [0.3, 0.4) is 0 Å². The largest absolute Gasteiger partial charge is 0.493 e. The fraction of sp³-hybridized carbons (Fsp3) is 0.500. The number of nitrogens with zero attached hydrogens (tertiary/aromatic N) is 2. The van der Waals surface area contributed by atoms with Crippen LogP contribution in [0.5, 0.6) is 11.5 Å². The highest BCUT2D eigenvalue weighted by molar-refractivity contribution is 9.10. The van der Waals surface area contributed by atoms with Crippen LogP contribution in [0.2, 0.25) is 0 Å². The quantitative estimate of drug-likeness (QED) is 0.227. The van der Waals surface area contributed by atoms with Crippen molar-refractivity contribution in [2.75, 3.05) is 33.4 Å². The van der Waals surface area contributed by atoms with E-state index >= 15 is 0 Å². The molecule has 1 aromatic rings. The zero-order valence-corrected chi connectivity index (χ0v) is 22.8. The number of thioether (sulfide) groups is 1. The van der Waals surface area contributed by atoms with E-state index in [9.17, 15) is 14.4 Å². The van der Waals surface area contributed by atoms with Crippen LogP contribution < -0.4 is 9.47 Å². The Kier molecular flexibility index (Phi) is 10.4. The maximum atomic E-state index is 12.9. The Morgan fingerprint density at radius 3 is 2.63 bits per heavy atom. The van der Waals surface area contributed by atoms with Crippen molar-refractivity contribution >= 4 is 68.1 Å². The van der Waals surface area contributed by atoms with E-state index in [0.717, 1.165) is 37.9 Å². The Balaban J connectivity index is 1.64. The molecule has 0 aromatic heterocycles. The predicted molar refractivity (Wildman–Crippen MR) is 143 cm³/mol. The fourth-order valence-electron chi connectivity index (χ4n) is 3.90. The monoisotopic (exact) mass is 584 g/mol. The van der Waals surface area contributed by atoms with Gasteiger partial charge in [-0.15, -0.1) is 0 Å². The number of thiocarbonyl (C=S) groups is 1. The molecule has 0 spiro atoms. The number of hydrogen-bond donors (Lipinski definition) is 1. The first-order valence-electron chi connectivity index (χ1n) is 11.6. The third-order valence-electron chi connectivity index (χ3n) is 5.74. The minimum Gasteiger partial charge on any atom is -0.493 e. The van der Waals surface area contributed by atoms with Crippen molar-refractivity contribution < 1.29 is 29.0 Å². The molecule has 2 saturated heterocycles. The van der Waals surface area contributed by atoms with E-state index in [1.807, 2.05) is 11.0 Å². The molecule has 2 aliphatic rings. The number of unbranched alkanes of at least 4 members (excludes halogenated alkanes) is 2. The SMILES string of the molecule is COc1cc(/C=C2/SC(=S)N(CCCCCC(=O)O)C2=O)cc(Br)c1OCC(=O)N1CCCCC1. The van der Waals surface area contributed by atoms with Crippen molar-refractivity contribution in [3.8, 4) is 11.5 Å². The molecular weight excluding hydrogens is 556 g/mol. The number of carbonyl (C=O) groups is 3. The number of aliphatic carboxylic acids is 1. The minimum atomic E-state index is -0.815. The van der Waals surface area contributed by atoms with Crippen LogP contribution in [-0.4, -0.2) is 70.4 Å². The molecule has 2 heterocycles. The van der Waals surface area contributed by atoms with Gasteiger partial charge in [-0.05, 0) is 71.8 Å². The summed E-state index contributed by atoms with van der Waals surface area (Å²) in [6, 6.07) is 3.56. The van der Waals surface area contributed by atoms with Crippen molar-refractivity contribution in [1.29, 1.82) is 0 Å². The fourth-order valence-corrected chi connectivity index (χ4v) is 5.78. The average Bonchev–Trinajstić information content (AvgIpc) is 3.10. The number of carboxylic acids is 1. The second-order valence-electron chi connectivity index (χ2n) is 8.30. The number of halogens is 1. The van der Waals surface area contributed by atoms with Gasteiger partial charge in [0.05, 0.1) is 16.5 Å². The molecule has 0 aliphatic carbocycles. The van der Waals surface area contributed by atoms with Crippen LogP contribution in [0.4, 0.5) is 0 Å². The van der Waals surface area contributed by atoms with Gasteiger partial charge in [-0.3, -0.25) is 19.3 Å². The predicted octanol–water partition coefficient (Wildman–Crippen LogP) is 4.70. The van der Waals surface area contributed by atoms with Crippen molar-refractivity contribution in [1.82, 2.24) is 9.80 Å². The third kappa shape index (κ3) is 7.68. The van der Waals surface area contributed by atoms with Crippen LogP contribution in [0, 0.1) is 0 Å². The maximum absolute atomic E-state index is 12.9. The lowest BCUT2D eigenvalue weighted by Crippen LogP contribution is -2.38. The van der Waals surface area contributed by atoms with Crippen LogP contribution in [0.15, 0.2) is 21.5 Å². The lowest BCUT2D eigenvalue weighted by atomic mass is 10.1. The summed E-state index contributed by atoms with van der Waals surface area (Å²) in [4.78, 5) is 39.9. The van der Waals surface area contributed by atoms with Crippen molar-refractivity contribution in [2.24, 2.45) is 0 Å². The second kappa shape index (κ2) is 13.3. The topological polar surface area (TPSA) is 96.4 Å². The first-order valence-corrected chi connectivity index (χ1v) is 13.6. The first-order chi connectivity index (χ1) is 16.8. The van der Waals surface area contributed by atoms with Crippen LogP contribution >= 0.6 is 39.9 Å². The highest BCUT2D eigenvalue weighted by atomic mass is 79.9. The van der Waals surface area contributed by atoms with Gasteiger partial charge in [0.25, 0.3) is 11.8 Å². The zero-order valence-electron chi connectivity index (χ0n) is 19.6. The number of carbonyl (C=O) groups excluding carboxylic acids is 2. The molecule has 2 aliphatic heterocycles. The molecule has 3 rings (SSSR count). The van der Waals surface area contributed by atoms with Crippen LogP contribution in [-0.2, 0) is 14.4 Å². The van der Waals surface area contributed by atoms with E-state index in [2.05, 4.69) is 15.9 Å². The molecule has 8 nitrogen and oxygen atoms in total. The number of ether oxygens (including phenoxy) is 2. The van der Waals surface area contributed by atoms with Gasteiger partial charge < -0.3 is 19.5 Å². The van der Waals surface area contributed by atoms with Gasteiger partial charge in [0.2, 0.25) is 0 Å². The van der Waals surface area contributed by atoms with Crippen molar-refractivity contribution in [2.45, 2.75) is 44.9 Å². The van der Waals surface area contributed by atoms with Gasteiger partial charge in [-0.2, -0.15) is 0 Å². The molecule has 2 amide bonds. The van der Waals surface area contributed by atoms with Crippen LogP contribution in [0.1, 0.15) is 50.5 Å². The Bertz CT molecular complexity index is 1010. The number of hydrogen-bond acceptors (Lipinski definition) is 7. The molecule has 0 saturated carbocycles. The molecule has 0 bridgehead atoms. The molecule has 0 radical (unpaired) electrons. The lowest BCUT2D eigenvalue weighted by molar-refractivity contribution is -0.137. The van der Waals surface area contributed by atoms with Gasteiger partial charge in [0.1, 0.15) is 4.32 Å². The maximum Gasteiger partial charge on any atom is 0.303 e. The normalized spacial score (nSPS) is 17.3. The van der Waals surface area contributed by atoms with Crippen molar-refractivity contribution in [3.05, 3.63) is 27.1 Å². The number of piperidine rings is 1. The van der Waals surface area contributed by atoms with Crippen LogP contribution in [0.25, 0.3) is 6.08 Å². The molecule has 1 N–H and O–H groups in total. The highest BCUT2D eigenvalue weighted by Crippen LogP contribution is 2.39. The van der Waals surface area contributed by atoms with E-state index in [0.29, 0.717) is 51.0 Å². The van der Waals surface area contributed by atoms with Gasteiger partial charge in [-0.1, -0.05) is 30.4 Å². The molecular formula is C24H29BrN2O6S2. The van der Waals surface area contributed by atoms with Gasteiger partial charge in [-0.25, -0.2) is 0 Å². The summed E-state index contributed by atoms with van der Waals surface area (Å²) in [5, 5.41) is 8.73. The molecule has 2 fully saturated rings. The van der Waals surface area contributed by atoms with E-state index < -0.39 is 5.97 Å². The number of likely N-dealkylation sites (tertiary alicyclic amines) is 1. The number of amides is 2. The van der Waals surface area contributed by atoms with Gasteiger partial charge in [0, 0.05) is 26.1 Å². The average molecular weight is 586 g/mol. The molecule has 11 heteroatoms. The summed E-state index contributed by atoms with van der Waals surface area (Å²) in [6.07, 6.45) is 7.04. The molecule has 0 atom stereocenters. The zero-order chi connectivity index (χ0) is 25.4. The van der Waals surface area contributed by atoms with E-state index in [1.165, 1.54) is 18.9 Å². The highest BCUT2D eigenvalue weighted by Gasteiger charge is 2.31. The lowest BCUT2D eigenvalue weighted by Gasteiger charge is -2.26. The summed E-state index contributed by atoms with van der Waals surface area (Å²) in [6.45, 7) is 1.92. The molecule has 190 valence electrons. The Morgan fingerprint density at radius 1 is 1.20 bits per heavy atom. The van der Waals surface area contributed by atoms with Crippen molar-refractivity contribution in [3.63, 3.8) is 0 Å². The number of rotatable bonds is 11. The number of methoxy groups -OCH3 is 1. The summed E-state index contributed by atoms with van der Waals surface area (Å²) >= 11 is 10.1. The first kappa shape index (κ1) is 27.5. The smallest absolute Gasteiger partial charge is 0.303 e. The summed E-state index contributed by atoms with van der Waals surface area (Å²) < 4.78 is 12.4. The number of carboxylic acid groups (broad SMARTS) is 1. The summed E-state index contributed by atoms with van der Waals surface area (Å²) in [5.74, 6) is -0.143. The molecule has 1 aromatic carbocycles.